The predicted octanol–water partition coefficient (Wildman–Crippen LogP) is 2.01. The summed E-state index contributed by atoms with van der Waals surface area (Å²) < 4.78 is 42.2. The predicted molar refractivity (Wildman–Crippen MR) is 113 cm³/mol. The van der Waals surface area contributed by atoms with Crippen LogP contribution in [0.4, 0.5) is 13.2 Å². The Morgan fingerprint density at radius 1 is 1.09 bits per heavy atom. The monoisotopic (exact) mass is 477 g/mol. The molecule has 1 saturated heterocycles. The highest BCUT2D eigenvalue weighted by Gasteiger charge is 2.38. The Bertz CT molecular complexity index is 798. The van der Waals surface area contributed by atoms with Gasteiger partial charge in [0.05, 0.1) is 14.2 Å². The van der Waals surface area contributed by atoms with Gasteiger partial charge in [-0.25, -0.2) is 4.79 Å². The SMILES string of the molecule is CCCN(CCC(=O)N1CCNCC1)C(=O)c1ccc(OC)c(OC)c1.O=C(O)C(F)(F)F. The highest BCUT2D eigenvalue weighted by atomic mass is 19.4. The Kier molecular flexibility index (Phi) is 11.5. The highest BCUT2D eigenvalue weighted by Crippen LogP contribution is 2.28. The lowest BCUT2D eigenvalue weighted by Crippen LogP contribution is -2.47. The van der Waals surface area contributed by atoms with E-state index in [2.05, 4.69) is 5.32 Å². The number of benzene rings is 1. The van der Waals surface area contributed by atoms with Crippen molar-refractivity contribution in [3.63, 3.8) is 0 Å². The molecule has 0 unspecified atom stereocenters. The molecule has 1 aliphatic rings. The molecule has 2 N–H and O–H groups in total. The quantitative estimate of drug-likeness (QED) is 0.590. The van der Waals surface area contributed by atoms with Gasteiger partial charge in [-0.1, -0.05) is 6.92 Å². The van der Waals surface area contributed by atoms with E-state index >= 15 is 0 Å². The van der Waals surface area contributed by atoms with Crippen molar-refractivity contribution >= 4 is 17.8 Å². The summed E-state index contributed by atoms with van der Waals surface area (Å²) in [6.45, 7) is 6.18. The second-order valence-electron chi connectivity index (χ2n) is 7.05. The summed E-state index contributed by atoms with van der Waals surface area (Å²) in [6.07, 6.45) is -3.90. The zero-order chi connectivity index (χ0) is 25.0. The lowest BCUT2D eigenvalue weighted by atomic mass is 10.1. The fourth-order valence-corrected chi connectivity index (χ4v) is 3.04. The van der Waals surface area contributed by atoms with Crippen molar-refractivity contribution in [2.45, 2.75) is 25.9 Å². The smallest absolute Gasteiger partial charge is 0.490 e. The first-order valence-corrected chi connectivity index (χ1v) is 10.3. The van der Waals surface area contributed by atoms with E-state index in [1.165, 1.54) is 0 Å². The number of piperazine rings is 1. The van der Waals surface area contributed by atoms with Crippen LogP contribution in [-0.4, -0.2) is 92.4 Å². The molecule has 1 aromatic carbocycles. The number of ether oxygens (including phenoxy) is 2. The number of carbonyl (C=O) groups excluding carboxylic acids is 2. The number of carbonyl (C=O) groups is 3. The molecule has 2 rings (SSSR count). The van der Waals surface area contributed by atoms with Gasteiger partial charge in [0.25, 0.3) is 5.91 Å². The van der Waals surface area contributed by atoms with Crippen molar-refractivity contribution < 1.29 is 42.1 Å². The molecule has 1 aliphatic heterocycles. The number of methoxy groups -OCH3 is 2. The van der Waals surface area contributed by atoms with E-state index < -0.39 is 12.1 Å². The van der Waals surface area contributed by atoms with Crippen LogP contribution in [0.5, 0.6) is 11.5 Å². The van der Waals surface area contributed by atoms with E-state index in [-0.39, 0.29) is 11.8 Å². The molecular weight excluding hydrogens is 447 g/mol. The number of halogens is 3. The number of hydrogen-bond donors (Lipinski definition) is 2. The summed E-state index contributed by atoms with van der Waals surface area (Å²) in [6, 6.07) is 5.13. The van der Waals surface area contributed by atoms with Crippen molar-refractivity contribution in [1.82, 2.24) is 15.1 Å². The van der Waals surface area contributed by atoms with Gasteiger partial charge >= 0.3 is 12.1 Å². The number of alkyl halides is 3. The Hall–Kier alpha value is -3.02. The maximum absolute atomic E-state index is 12.9. The van der Waals surface area contributed by atoms with E-state index in [1.807, 2.05) is 11.8 Å². The number of carboxylic acids is 1. The summed E-state index contributed by atoms with van der Waals surface area (Å²) in [5, 5.41) is 10.4. The van der Waals surface area contributed by atoms with Crippen LogP contribution in [-0.2, 0) is 9.59 Å². The van der Waals surface area contributed by atoms with Crippen LogP contribution < -0.4 is 14.8 Å². The second kappa shape index (κ2) is 13.5. The average Bonchev–Trinajstić information content (AvgIpc) is 2.80. The largest absolute Gasteiger partial charge is 0.493 e. The summed E-state index contributed by atoms with van der Waals surface area (Å²) in [7, 11) is 3.10. The fourth-order valence-electron chi connectivity index (χ4n) is 3.04. The van der Waals surface area contributed by atoms with E-state index in [9.17, 15) is 22.8 Å². The third-order valence-corrected chi connectivity index (χ3v) is 4.72. The summed E-state index contributed by atoms with van der Waals surface area (Å²) >= 11 is 0. The standard InChI is InChI=1S/C19H29N3O4.C2HF3O2/c1-4-10-22(11-7-18(23)21-12-8-20-9-13-21)19(24)15-5-6-16(25-2)17(14-15)26-3;3-2(4,5)1(6)7/h5-6,14,20H,4,7-13H2,1-3H3;(H,6,7). The minimum atomic E-state index is -5.08. The molecule has 0 bridgehead atoms. The minimum Gasteiger partial charge on any atom is -0.493 e. The number of amides is 2. The van der Waals surface area contributed by atoms with Crippen LogP contribution >= 0.6 is 0 Å². The maximum Gasteiger partial charge on any atom is 0.490 e. The van der Waals surface area contributed by atoms with Crippen LogP contribution in [0, 0.1) is 0 Å². The number of rotatable bonds is 8. The van der Waals surface area contributed by atoms with Crippen molar-refractivity contribution in [3.05, 3.63) is 23.8 Å². The van der Waals surface area contributed by atoms with Gasteiger partial charge in [0.2, 0.25) is 5.91 Å². The van der Waals surface area contributed by atoms with Crippen molar-refractivity contribution in [2.75, 3.05) is 53.5 Å². The molecule has 186 valence electrons. The van der Waals surface area contributed by atoms with Gasteiger partial charge in [0.1, 0.15) is 0 Å². The average molecular weight is 477 g/mol. The number of nitrogens with one attached hydrogen (secondary N) is 1. The molecule has 1 heterocycles. The van der Waals surface area contributed by atoms with Crippen LogP contribution in [0.3, 0.4) is 0 Å². The fraction of sp³-hybridized carbons (Fsp3) is 0.571. The van der Waals surface area contributed by atoms with E-state index in [4.69, 9.17) is 19.4 Å². The molecule has 0 atom stereocenters. The molecule has 33 heavy (non-hydrogen) atoms. The molecule has 0 aromatic heterocycles. The second-order valence-corrected chi connectivity index (χ2v) is 7.05. The normalized spacial score (nSPS) is 13.5. The highest BCUT2D eigenvalue weighted by molar-refractivity contribution is 5.95. The summed E-state index contributed by atoms with van der Waals surface area (Å²) in [5.74, 6) is -1.65. The molecule has 2 amide bonds. The molecule has 12 heteroatoms. The minimum absolute atomic E-state index is 0.0964. The van der Waals surface area contributed by atoms with Crippen LogP contribution in [0.2, 0.25) is 0 Å². The van der Waals surface area contributed by atoms with Gasteiger partial charge in [-0.15, -0.1) is 0 Å². The van der Waals surface area contributed by atoms with E-state index in [1.54, 1.807) is 37.3 Å². The number of hydrogen-bond acceptors (Lipinski definition) is 6. The lowest BCUT2D eigenvalue weighted by molar-refractivity contribution is -0.192. The Balaban J connectivity index is 0.000000675. The molecule has 0 saturated carbocycles. The van der Waals surface area contributed by atoms with Gasteiger partial charge in [-0.3, -0.25) is 9.59 Å². The number of nitrogens with zero attached hydrogens (tertiary/aromatic N) is 2. The summed E-state index contributed by atoms with van der Waals surface area (Å²) in [4.78, 5) is 37.8. The molecule has 1 aromatic rings. The molecular formula is C21H30F3N3O6. The molecule has 0 spiro atoms. The van der Waals surface area contributed by atoms with Gasteiger partial charge in [0.15, 0.2) is 11.5 Å². The Labute approximate surface area is 190 Å². The third-order valence-electron chi connectivity index (χ3n) is 4.72. The van der Waals surface area contributed by atoms with Crippen molar-refractivity contribution in [2.24, 2.45) is 0 Å². The number of carboxylic acid groups (broad SMARTS) is 1. The zero-order valence-corrected chi connectivity index (χ0v) is 18.9. The molecule has 1 fully saturated rings. The van der Waals surface area contributed by atoms with Crippen LogP contribution in [0.15, 0.2) is 18.2 Å². The first kappa shape index (κ1) is 28.0. The topological polar surface area (TPSA) is 108 Å². The third kappa shape index (κ3) is 9.16. The summed E-state index contributed by atoms with van der Waals surface area (Å²) in [5.41, 5.74) is 0.533. The first-order chi connectivity index (χ1) is 15.5. The lowest BCUT2D eigenvalue weighted by Gasteiger charge is -2.29. The van der Waals surface area contributed by atoms with E-state index in [0.29, 0.717) is 36.6 Å². The van der Waals surface area contributed by atoms with Gasteiger partial charge in [0, 0.05) is 51.3 Å². The molecule has 0 radical (unpaired) electrons. The van der Waals surface area contributed by atoms with Crippen molar-refractivity contribution in [1.29, 1.82) is 0 Å². The van der Waals surface area contributed by atoms with E-state index in [0.717, 1.165) is 32.6 Å². The molecule has 9 nitrogen and oxygen atoms in total. The van der Waals surface area contributed by atoms with Crippen LogP contribution in [0.25, 0.3) is 0 Å². The van der Waals surface area contributed by atoms with Gasteiger partial charge < -0.3 is 29.7 Å². The Morgan fingerprint density at radius 3 is 2.15 bits per heavy atom. The van der Waals surface area contributed by atoms with Crippen molar-refractivity contribution in [3.8, 4) is 11.5 Å². The zero-order valence-electron chi connectivity index (χ0n) is 18.9. The molecule has 0 aliphatic carbocycles. The first-order valence-electron chi connectivity index (χ1n) is 10.3. The number of aliphatic carboxylic acids is 1. The maximum atomic E-state index is 12.9. The van der Waals surface area contributed by atoms with Crippen LogP contribution in [0.1, 0.15) is 30.1 Å². The van der Waals surface area contributed by atoms with Gasteiger partial charge in [-0.2, -0.15) is 13.2 Å². The Morgan fingerprint density at radius 2 is 1.67 bits per heavy atom. The van der Waals surface area contributed by atoms with Gasteiger partial charge in [-0.05, 0) is 24.6 Å².